The topological polar surface area (TPSA) is 46.3 Å². The number of carbonyl (C=O) groups is 1. The van der Waals surface area contributed by atoms with Gasteiger partial charge in [-0.15, -0.1) is 0 Å². The third-order valence-electron chi connectivity index (χ3n) is 4.12. The summed E-state index contributed by atoms with van der Waals surface area (Å²) in [6.45, 7) is 2.04. The van der Waals surface area contributed by atoms with E-state index < -0.39 is 0 Å². The number of hydrogen-bond acceptors (Lipinski definition) is 2. The van der Waals surface area contributed by atoms with Crippen molar-refractivity contribution in [2.45, 2.75) is 51.0 Å². The number of anilines is 1. The van der Waals surface area contributed by atoms with Gasteiger partial charge in [-0.2, -0.15) is 0 Å². The first-order valence-corrected chi connectivity index (χ1v) is 7.12. The van der Waals surface area contributed by atoms with E-state index in [2.05, 4.69) is 0 Å². The number of aryl methyl sites for hydroxylation is 1. The number of carbonyl (C=O) groups excluding carboxylic acids is 1. The predicted octanol–water partition coefficient (Wildman–Crippen LogP) is 3.01. The largest absolute Gasteiger partial charge is 0.325 e. The third-order valence-corrected chi connectivity index (χ3v) is 4.12. The first-order chi connectivity index (χ1) is 9.00. The summed E-state index contributed by atoms with van der Waals surface area (Å²) in [5.74, 6) is 0.120. The molecule has 1 aromatic rings. The van der Waals surface area contributed by atoms with Crippen molar-refractivity contribution in [3.05, 3.63) is 29.8 Å². The predicted molar refractivity (Wildman–Crippen MR) is 79.2 cm³/mol. The second kappa shape index (κ2) is 5.74. The van der Waals surface area contributed by atoms with Gasteiger partial charge in [0.2, 0.25) is 5.91 Å². The smallest absolute Gasteiger partial charge is 0.228 e. The molecule has 1 aliphatic carbocycles. The molecular weight excluding hydrogens is 236 g/mol. The van der Waals surface area contributed by atoms with Crippen LogP contribution >= 0.6 is 0 Å². The van der Waals surface area contributed by atoms with Crippen LogP contribution in [0.5, 0.6) is 0 Å². The quantitative estimate of drug-likeness (QED) is 0.908. The second-order valence-electron chi connectivity index (χ2n) is 5.89. The molecule has 19 heavy (non-hydrogen) atoms. The van der Waals surface area contributed by atoms with Gasteiger partial charge in [0.25, 0.3) is 0 Å². The van der Waals surface area contributed by atoms with Crippen LogP contribution in [0.4, 0.5) is 5.69 Å². The van der Waals surface area contributed by atoms with E-state index in [1.807, 2.05) is 38.2 Å². The van der Waals surface area contributed by atoms with Gasteiger partial charge in [0.1, 0.15) is 0 Å². The third kappa shape index (κ3) is 3.57. The van der Waals surface area contributed by atoms with Crippen molar-refractivity contribution in [2.24, 2.45) is 5.73 Å². The molecule has 0 saturated heterocycles. The van der Waals surface area contributed by atoms with Crippen molar-refractivity contribution in [3.63, 3.8) is 0 Å². The summed E-state index contributed by atoms with van der Waals surface area (Å²) in [7, 11) is 1.84. The summed E-state index contributed by atoms with van der Waals surface area (Å²) in [5.41, 5.74) is 8.19. The van der Waals surface area contributed by atoms with Crippen LogP contribution in [0.15, 0.2) is 24.3 Å². The Morgan fingerprint density at radius 2 is 2.00 bits per heavy atom. The standard InChI is InChI=1S/C16H24N2O/c1-13-7-6-8-14(11-13)18(2)15(19)12-16(17)9-4-3-5-10-16/h6-8,11H,3-5,9-10,12,17H2,1-2H3. The Balaban J connectivity index is 2.03. The van der Waals surface area contributed by atoms with Crippen molar-refractivity contribution in [1.82, 2.24) is 0 Å². The Bertz CT molecular complexity index is 450. The zero-order chi connectivity index (χ0) is 13.9. The Morgan fingerprint density at radius 1 is 1.32 bits per heavy atom. The minimum absolute atomic E-state index is 0.120. The van der Waals surface area contributed by atoms with Crippen molar-refractivity contribution >= 4 is 11.6 Å². The maximum atomic E-state index is 12.4. The zero-order valence-corrected chi connectivity index (χ0v) is 12.0. The van der Waals surface area contributed by atoms with E-state index in [1.54, 1.807) is 4.90 Å². The molecule has 0 spiro atoms. The fourth-order valence-corrected chi connectivity index (χ4v) is 2.83. The monoisotopic (exact) mass is 260 g/mol. The molecule has 0 bridgehead atoms. The fraction of sp³-hybridized carbons (Fsp3) is 0.562. The summed E-state index contributed by atoms with van der Waals surface area (Å²) >= 11 is 0. The van der Waals surface area contributed by atoms with Gasteiger partial charge in [-0.3, -0.25) is 4.79 Å². The Kier molecular flexibility index (Phi) is 4.25. The highest BCUT2D eigenvalue weighted by molar-refractivity contribution is 5.93. The van der Waals surface area contributed by atoms with Crippen LogP contribution in [0.25, 0.3) is 0 Å². The lowest BCUT2D eigenvalue weighted by Crippen LogP contribution is -2.46. The molecule has 0 heterocycles. The van der Waals surface area contributed by atoms with Gasteiger partial charge in [0.15, 0.2) is 0 Å². The van der Waals surface area contributed by atoms with Crippen LogP contribution in [0, 0.1) is 6.92 Å². The molecule has 1 fully saturated rings. The van der Waals surface area contributed by atoms with Crippen molar-refractivity contribution in [2.75, 3.05) is 11.9 Å². The van der Waals surface area contributed by atoms with Crippen LogP contribution in [-0.4, -0.2) is 18.5 Å². The molecule has 0 atom stereocenters. The molecule has 3 heteroatoms. The molecule has 0 aliphatic heterocycles. The van der Waals surface area contributed by atoms with E-state index in [0.717, 1.165) is 36.9 Å². The van der Waals surface area contributed by atoms with Crippen LogP contribution in [-0.2, 0) is 4.79 Å². The number of nitrogens with zero attached hydrogens (tertiary/aromatic N) is 1. The molecule has 1 aromatic carbocycles. The number of benzene rings is 1. The molecule has 1 amide bonds. The maximum Gasteiger partial charge on any atom is 0.228 e. The summed E-state index contributed by atoms with van der Waals surface area (Å²) in [4.78, 5) is 14.1. The molecule has 104 valence electrons. The highest BCUT2D eigenvalue weighted by atomic mass is 16.2. The van der Waals surface area contributed by atoms with E-state index in [-0.39, 0.29) is 11.4 Å². The number of nitrogens with two attached hydrogens (primary N) is 1. The van der Waals surface area contributed by atoms with E-state index >= 15 is 0 Å². The van der Waals surface area contributed by atoms with Crippen molar-refractivity contribution in [1.29, 1.82) is 0 Å². The fourth-order valence-electron chi connectivity index (χ4n) is 2.83. The summed E-state index contributed by atoms with van der Waals surface area (Å²) in [5, 5.41) is 0. The number of hydrogen-bond donors (Lipinski definition) is 1. The second-order valence-corrected chi connectivity index (χ2v) is 5.89. The lowest BCUT2D eigenvalue weighted by atomic mass is 9.80. The molecule has 0 aromatic heterocycles. The van der Waals surface area contributed by atoms with Gasteiger partial charge in [-0.1, -0.05) is 31.4 Å². The van der Waals surface area contributed by atoms with Crippen LogP contribution < -0.4 is 10.6 Å². The van der Waals surface area contributed by atoms with Crippen LogP contribution in [0.2, 0.25) is 0 Å². The average Bonchev–Trinajstić information content (AvgIpc) is 2.38. The van der Waals surface area contributed by atoms with E-state index in [9.17, 15) is 4.79 Å². The summed E-state index contributed by atoms with van der Waals surface area (Å²) in [6, 6.07) is 8.01. The van der Waals surface area contributed by atoms with Gasteiger partial charge in [-0.05, 0) is 37.5 Å². The molecule has 2 N–H and O–H groups in total. The molecule has 0 radical (unpaired) electrons. The molecule has 3 nitrogen and oxygen atoms in total. The molecule has 1 aliphatic rings. The van der Waals surface area contributed by atoms with Gasteiger partial charge in [0.05, 0.1) is 0 Å². The highest BCUT2D eigenvalue weighted by Crippen LogP contribution is 2.29. The van der Waals surface area contributed by atoms with Crippen LogP contribution in [0.3, 0.4) is 0 Å². The lowest BCUT2D eigenvalue weighted by molar-refractivity contribution is -0.119. The van der Waals surface area contributed by atoms with Gasteiger partial charge >= 0.3 is 0 Å². The number of amides is 1. The maximum absolute atomic E-state index is 12.4. The van der Waals surface area contributed by atoms with Gasteiger partial charge in [0, 0.05) is 24.7 Å². The Morgan fingerprint density at radius 3 is 2.63 bits per heavy atom. The van der Waals surface area contributed by atoms with Gasteiger partial charge < -0.3 is 10.6 Å². The van der Waals surface area contributed by atoms with Gasteiger partial charge in [-0.25, -0.2) is 0 Å². The summed E-state index contributed by atoms with van der Waals surface area (Å²) in [6.07, 6.45) is 5.95. The zero-order valence-electron chi connectivity index (χ0n) is 12.0. The van der Waals surface area contributed by atoms with Crippen molar-refractivity contribution < 1.29 is 4.79 Å². The van der Waals surface area contributed by atoms with Crippen molar-refractivity contribution in [3.8, 4) is 0 Å². The van der Waals surface area contributed by atoms with E-state index in [1.165, 1.54) is 6.42 Å². The molecule has 0 unspecified atom stereocenters. The first-order valence-electron chi connectivity index (χ1n) is 7.12. The normalized spacial score (nSPS) is 18.1. The van der Waals surface area contributed by atoms with E-state index in [4.69, 9.17) is 5.73 Å². The Hall–Kier alpha value is -1.35. The van der Waals surface area contributed by atoms with Crippen LogP contribution in [0.1, 0.15) is 44.1 Å². The number of rotatable bonds is 3. The first kappa shape index (κ1) is 14.1. The Labute approximate surface area is 115 Å². The average molecular weight is 260 g/mol. The van der Waals surface area contributed by atoms with E-state index in [0.29, 0.717) is 6.42 Å². The molecule has 2 rings (SSSR count). The molecule has 1 saturated carbocycles. The molecular formula is C16H24N2O. The minimum Gasteiger partial charge on any atom is -0.325 e. The minimum atomic E-state index is -0.284. The SMILES string of the molecule is Cc1cccc(N(C)C(=O)CC2(N)CCCCC2)c1. The lowest BCUT2D eigenvalue weighted by Gasteiger charge is -2.34. The summed E-state index contributed by atoms with van der Waals surface area (Å²) < 4.78 is 0. The highest BCUT2D eigenvalue weighted by Gasteiger charge is 2.31.